The Labute approximate surface area is 106 Å². The van der Waals surface area contributed by atoms with E-state index in [1.165, 1.54) is 23.9 Å². The van der Waals surface area contributed by atoms with Crippen LogP contribution < -0.4 is 0 Å². The summed E-state index contributed by atoms with van der Waals surface area (Å²) in [6, 6.07) is 6.38. The van der Waals surface area contributed by atoms with Crippen LogP contribution in [0.3, 0.4) is 0 Å². The predicted octanol–water partition coefficient (Wildman–Crippen LogP) is 3.10. The molecule has 0 saturated heterocycles. The summed E-state index contributed by atoms with van der Waals surface area (Å²) < 4.78 is 18.2. The van der Waals surface area contributed by atoms with Crippen molar-refractivity contribution in [2.45, 2.75) is 30.8 Å². The van der Waals surface area contributed by atoms with E-state index in [-0.39, 0.29) is 5.82 Å². The number of unbranched alkanes of at least 4 members (excludes halogenated alkanes) is 1. The molecule has 1 rings (SSSR count). The molecule has 0 saturated carbocycles. The van der Waals surface area contributed by atoms with Gasteiger partial charge in [-0.2, -0.15) is 0 Å². The summed E-state index contributed by atoms with van der Waals surface area (Å²) in [6.07, 6.45) is 1.61. The van der Waals surface area contributed by atoms with Crippen LogP contribution in [0.5, 0.6) is 0 Å². The second kappa shape index (κ2) is 8.50. The molecular formula is C13H19FO2S. The van der Waals surface area contributed by atoms with Crippen molar-refractivity contribution >= 4 is 11.8 Å². The zero-order chi connectivity index (χ0) is 12.5. The number of rotatable bonds is 8. The van der Waals surface area contributed by atoms with Crippen molar-refractivity contribution in [1.82, 2.24) is 0 Å². The van der Waals surface area contributed by atoms with Gasteiger partial charge in [0.2, 0.25) is 0 Å². The fourth-order valence-corrected chi connectivity index (χ4v) is 2.11. The number of aliphatic hydroxyl groups is 1. The molecule has 0 bridgehead atoms. The monoisotopic (exact) mass is 258 g/mol. The highest BCUT2D eigenvalue weighted by Crippen LogP contribution is 2.19. The molecule has 1 unspecified atom stereocenters. The Balaban J connectivity index is 2.17. The summed E-state index contributed by atoms with van der Waals surface area (Å²) in [4.78, 5) is 0.831. The number of thioether (sulfide) groups is 1. The molecule has 1 atom stereocenters. The number of ether oxygens (including phenoxy) is 1. The third-order valence-corrected chi connectivity index (χ3v) is 3.33. The summed E-state index contributed by atoms with van der Waals surface area (Å²) >= 11 is 1.44. The van der Waals surface area contributed by atoms with Gasteiger partial charge in [0.1, 0.15) is 5.82 Å². The summed E-state index contributed by atoms with van der Waals surface area (Å²) in [7, 11) is 0. The van der Waals surface area contributed by atoms with Crippen LogP contribution in [0.2, 0.25) is 0 Å². The van der Waals surface area contributed by atoms with Crippen molar-refractivity contribution in [2.24, 2.45) is 0 Å². The topological polar surface area (TPSA) is 29.5 Å². The number of hydrogen-bond acceptors (Lipinski definition) is 3. The van der Waals surface area contributed by atoms with Crippen molar-refractivity contribution in [2.75, 3.05) is 19.0 Å². The van der Waals surface area contributed by atoms with E-state index < -0.39 is 6.10 Å². The van der Waals surface area contributed by atoms with Crippen LogP contribution >= 0.6 is 11.8 Å². The van der Waals surface area contributed by atoms with E-state index in [2.05, 4.69) is 6.92 Å². The molecule has 17 heavy (non-hydrogen) atoms. The zero-order valence-corrected chi connectivity index (χ0v) is 10.9. The van der Waals surface area contributed by atoms with Gasteiger partial charge in [0, 0.05) is 17.3 Å². The Hall–Kier alpha value is -0.580. The van der Waals surface area contributed by atoms with Gasteiger partial charge in [-0.25, -0.2) is 4.39 Å². The quantitative estimate of drug-likeness (QED) is 0.574. The molecule has 0 aliphatic heterocycles. The Morgan fingerprint density at radius 3 is 3.00 bits per heavy atom. The van der Waals surface area contributed by atoms with Crippen LogP contribution in [0.25, 0.3) is 0 Å². The maximum absolute atomic E-state index is 12.9. The minimum absolute atomic E-state index is 0.247. The first kappa shape index (κ1) is 14.5. The fourth-order valence-electron chi connectivity index (χ4n) is 1.26. The van der Waals surface area contributed by atoms with E-state index in [0.717, 1.165) is 17.7 Å². The van der Waals surface area contributed by atoms with Gasteiger partial charge in [0.15, 0.2) is 0 Å². The number of halogens is 1. The number of aliphatic hydroxyl groups excluding tert-OH is 1. The normalized spacial score (nSPS) is 12.6. The van der Waals surface area contributed by atoms with Crippen LogP contribution in [0, 0.1) is 5.82 Å². The largest absolute Gasteiger partial charge is 0.390 e. The van der Waals surface area contributed by atoms with E-state index in [0.29, 0.717) is 19.0 Å². The van der Waals surface area contributed by atoms with Gasteiger partial charge in [-0.1, -0.05) is 19.4 Å². The average molecular weight is 258 g/mol. The molecule has 0 radical (unpaired) electrons. The lowest BCUT2D eigenvalue weighted by molar-refractivity contribution is 0.0473. The van der Waals surface area contributed by atoms with E-state index in [9.17, 15) is 9.50 Å². The number of benzene rings is 1. The van der Waals surface area contributed by atoms with E-state index in [4.69, 9.17) is 4.74 Å². The Morgan fingerprint density at radius 2 is 2.29 bits per heavy atom. The van der Waals surface area contributed by atoms with Crippen molar-refractivity contribution < 1.29 is 14.2 Å². The molecule has 1 aromatic rings. The third-order valence-electron chi connectivity index (χ3n) is 2.19. The molecule has 1 N–H and O–H groups in total. The molecule has 0 aliphatic carbocycles. The summed E-state index contributed by atoms with van der Waals surface area (Å²) in [5.74, 6) is 0.277. The maximum atomic E-state index is 12.9. The first-order chi connectivity index (χ1) is 8.22. The van der Waals surface area contributed by atoms with Gasteiger partial charge in [0.25, 0.3) is 0 Å². The van der Waals surface area contributed by atoms with Crippen molar-refractivity contribution in [3.63, 3.8) is 0 Å². The van der Waals surface area contributed by atoms with Crippen molar-refractivity contribution in [3.8, 4) is 0 Å². The van der Waals surface area contributed by atoms with E-state index >= 15 is 0 Å². The molecule has 4 heteroatoms. The average Bonchev–Trinajstić information content (AvgIpc) is 2.32. The summed E-state index contributed by atoms with van der Waals surface area (Å²) in [6.45, 7) is 3.14. The van der Waals surface area contributed by atoms with Crippen LogP contribution in [0.15, 0.2) is 29.2 Å². The minimum atomic E-state index is -0.500. The molecule has 0 fully saturated rings. The smallest absolute Gasteiger partial charge is 0.124 e. The van der Waals surface area contributed by atoms with Crippen LogP contribution in [-0.2, 0) is 4.74 Å². The Bertz CT molecular complexity index is 320. The SMILES string of the molecule is CCCCOCC(O)CSc1cccc(F)c1. The minimum Gasteiger partial charge on any atom is -0.390 e. The maximum Gasteiger partial charge on any atom is 0.124 e. The highest BCUT2D eigenvalue weighted by molar-refractivity contribution is 7.99. The Morgan fingerprint density at radius 1 is 1.47 bits per heavy atom. The summed E-state index contributed by atoms with van der Waals surface area (Å²) in [5.41, 5.74) is 0. The lowest BCUT2D eigenvalue weighted by atomic mass is 10.3. The van der Waals surface area contributed by atoms with E-state index in [1.54, 1.807) is 6.07 Å². The number of hydrogen-bond donors (Lipinski definition) is 1. The van der Waals surface area contributed by atoms with Crippen molar-refractivity contribution in [1.29, 1.82) is 0 Å². The lowest BCUT2D eigenvalue weighted by Crippen LogP contribution is -2.18. The van der Waals surface area contributed by atoms with Crippen LogP contribution in [0.1, 0.15) is 19.8 Å². The fraction of sp³-hybridized carbons (Fsp3) is 0.538. The summed E-state index contributed by atoms with van der Waals surface area (Å²) in [5, 5.41) is 9.64. The molecular weight excluding hydrogens is 239 g/mol. The van der Waals surface area contributed by atoms with Crippen LogP contribution in [0.4, 0.5) is 4.39 Å². The first-order valence-corrected chi connectivity index (χ1v) is 6.85. The molecule has 0 amide bonds. The first-order valence-electron chi connectivity index (χ1n) is 5.86. The molecule has 0 aromatic heterocycles. The molecule has 96 valence electrons. The van der Waals surface area contributed by atoms with Gasteiger partial charge in [-0.05, 0) is 24.6 Å². The Kier molecular flexibility index (Phi) is 7.24. The molecule has 0 heterocycles. The highest BCUT2D eigenvalue weighted by atomic mass is 32.2. The standard InChI is InChI=1S/C13H19FO2S/c1-2-3-7-16-9-12(15)10-17-13-6-4-5-11(14)8-13/h4-6,8,12,15H,2-3,7,9-10H2,1H3. The molecule has 2 nitrogen and oxygen atoms in total. The molecule has 1 aromatic carbocycles. The van der Waals surface area contributed by atoms with Gasteiger partial charge < -0.3 is 9.84 Å². The molecule has 0 spiro atoms. The second-order valence-corrected chi connectivity index (χ2v) is 4.94. The van der Waals surface area contributed by atoms with Gasteiger partial charge in [-0.15, -0.1) is 11.8 Å². The van der Waals surface area contributed by atoms with Crippen LogP contribution in [-0.4, -0.2) is 30.2 Å². The predicted molar refractivity (Wildman–Crippen MR) is 68.9 cm³/mol. The van der Waals surface area contributed by atoms with E-state index in [1.807, 2.05) is 6.07 Å². The second-order valence-electron chi connectivity index (χ2n) is 3.85. The third kappa shape index (κ3) is 6.66. The molecule has 0 aliphatic rings. The lowest BCUT2D eigenvalue weighted by Gasteiger charge is -2.10. The van der Waals surface area contributed by atoms with Gasteiger partial charge >= 0.3 is 0 Å². The van der Waals surface area contributed by atoms with Crippen molar-refractivity contribution in [3.05, 3.63) is 30.1 Å². The van der Waals surface area contributed by atoms with Gasteiger partial charge in [-0.3, -0.25) is 0 Å². The highest BCUT2D eigenvalue weighted by Gasteiger charge is 2.05. The zero-order valence-electron chi connectivity index (χ0n) is 10.1. The van der Waals surface area contributed by atoms with Gasteiger partial charge in [0.05, 0.1) is 12.7 Å².